The molecule has 0 fully saturated rings. The fraction of sp³-hybridized carbons (Fsp3) is 0.519. The highest BCUT2D eigenvalue weighted by Gasteiger charge is 2.31. The van der Waals surface area contributed by atoms with Crippen molar-refractivity contribution >= 4 is 5.91 Å². The normalized spacial score (nSPS) is 13.9. The van der Waals surface area contributed by atoms with Gasteiger partial charge in [-0.2, -0.15) is 0 Å². The summed E-state index contributed by atoms with van der Waals surface area (Å²) < 4.78 is 16.4. The fourth-order valence-electron chi connectivity index (χ4n) is 3.81. The maximum atomic E-state index is 13.5. The van der Waals surface area contributed by atoms with E-state index in [1.807, 2.05) is 55.5 Å². The molecule has 6 heteroatoms. The van der Waals surface area contributed by atoms with Gasteiger partial charge in [0.25, 0.3) is 0 Å². The molecule has 2 aromatic rings. The van der Waals surface area contributed by atoms with Crippen LogP contribution in [0.15, 0.2) is 48.5 Å². The van der Waals surface area contributed by atoms with Crippen molar-refractivity contribution in [3.63, 3.8) is 0 Å². The number of benzene rings is 2. The maximum absolute atomic E-state index is 13.5. The van der Waals surface area contributed by atoms with Crippen LogP contribution in [0.4, 0.5) is 0 Å². The van der Waals surface area contributed by atoms with Gasteiger partial charge in [0, 0.05) is 33.1 Å². The number of methoxy groups -OCH3 is 2. The zero-order chi connectivity index (χ0) is 24.4. The van der Waals surface area contributed by atoms with E-state index in [-0.39, 0.29) is 23.8 Å². The van der Waals surface area contributed by atoms with Crippen molar-refractivity contribution in [2.24, 2.45) is 11.8 Å². The number of ether oxygens (including phenoxy) is 3. The lowest BCUT2D eigenvalue weighted by atomic mass is 9.87. The van der Waals surface area contributed by atoms with E-state index in [9.17, 15) is 9.90 Å². The molecule has 0 radical (unpaired) electrons. The smallest absolute Gasteiger partial charge is 0.226 e. The molecule has 0 saturated carbocycles. The molecule has 0 aliphatic rings. The summed E-state index contributed by atoms with van der Waals surface area (Å²) in [6.45, 7) is 7.15. The molecule has 0 aliphatic carbocycles. The van der Waals surface area contributed by atoms with E-state index >= 15 is 0 Å². The summed E-state index contributed by atoms with van der Waals surface area (Å²) in [5, 5.41) is 10.8. The summed E-state index contributed by atoms with van der Waals surface area (Å²) in [6.07, 6.45) is 0.609. The van der Waals surface area contributed by atoms with E-state index in [4.69, 9.17) is 14.2 Å². The molecule has 0 bridgehead atoms. The zero-order valence-corrected chi connectivity index (χ0v) is 20.8. The maximum Gasteiger partial charge on any atom is 0.226 e. The Morgan fingerprint density at radius 1 is 1.00 bits per heavy atom. The first-order valence-corrected chi connectivity index (χ1v) is 11.6. The van der Waals surface area contributed by atoms with Crippen molar-refractivity contribution < 1.29 is 24.1 Å². The lowest BCUT2D eigenvalue weighted by Gasteiger charge is -2.33. The van der Waals surface area contributed by atoms with Crippen LogP contribution in [0.25, 0.3) is 0 Å². The first kappa shape index (κ1) is 26.7. The van der Waals surface area contributed by atoms with Gasteiger partial charge in [0.2, 0.25) is 5.91 Å². The molecule has 182 valence electrons. The minimum atomic E-state index is -0.749. The molecule has 2 aromatic carbocycles. The molecule has 2 rings (SSSR count). The van der Waals surface area contributed by atoms with Gasteiger partial charge in [0.1, 0.15) is 0 Å². The molecule has 3 atom stereocenters. The van der Waals surface area contributed by atoms with Crippen LogP contribution >= 0.6 is 0 Å². The average molecular weight is 458 g/mol. The summed E-state index contributed by atoms with van der Waals surface area (Å²) in [6, 6.07) is 14.9. The number of hydrogen-bond donors (Lipinski definition) is 1. The van der Waals surface area contributed by atoms with Crippen molar-refractivity contribution in [3.8, 4) is 11.5 Å². The minimum absolute atomic E-state index is 0.0193. The van der Waals surface area contributed by atoms with Gasteiger partial charge >= 0.3 is 0 Å². The lowest BCUT2D eigenvalue weighted by molar-refractivity contribution is -0.139. The average Bonchev–Trinajstić information content (AvgIpc) is 2.83. The molecule has 0 heterocycles. The van der Waals surface area contributed by atoms with Gasteiger partial charge in [-0.15, -0.1) is 0 Å². The van der Waals surface area contributed by atoms with Crippen LogP contribution in [0.2, 0.25) is 0 Å². The Hall–Kier alpha value is -2.57. The molecule has 1 amide bonds. The SMILES string of the molecule is COCCCOc1cc(C[C@@H](C(=O)N(C)[C@@H](C)[C@@H](O)c2ccccc2)C(C)C)ccc1OC. The number of carbonyl (C=O) groups is 1. The topological polar surface area (TPSA) is 68.2 Å². The summed E-state index contributed by atoms with van der Waals surface area (Å²) in [7, 11) is 5.06. The van der Waals surface area contributed by atoms with Gasteiger partial charge in [-0.05, 0) is 42.5 Å². The van der Waals surface area contributed by atoms with E-state index in [1.54, 1.807) is 26.2 Å². The Kier molecular flexibility index (Phi) is 10.7. The van der Waals surface area contributed by atoms with Crippen molar-refractivity contribution in [1.29, 1.82) is 0 Å². The largest absolute Gasteiger partial charge is 0.493 e. The van der Waals surface area contributed by atoms with Crippen LogP contribution in [0.3, 0.4) is 0 Å². The molecule has 0 aromatic heterocycles. The standard InChI is InChI=1S/C27H39NO5/c1-19(2)23(27(30)28(4)20(3)26(29)22-11-8-7-9-12-22)17-21-13-14-24(32-6)25(18-21)33-16-10-15-31-5/h7-9,11-14,18-20,23,26,29H,10,15-17H2,1-6H3/t20-,23+,26+/m0/s1. The molecule has 0 saturated heterocycles. The second kappa shape index (κ2) is 13.2. The highest BCUT2D eigenvalue weighted by Crippen LogP contribution is 2.31. The van der Waals surface area contributed by atoms with Crippen molar-refractivity contribution in [1.82, 2.24) is 4.90 Å². The molecular formula is C27H39NO5. The molecule has 0 unspecified atom stereocenters. The molecule has 33 heavy (non-hydrogen) atoms. The van der Waals surface area contributed by atoms with E-state index in [0.717, 1.165) is 17.5 Å². The fourth-order valence-corrected chi connectivity index (χ4v) is 3.81. The quantitative estimate of drug-likeness (QED) is 0.449. The number of carbonyl (C=O) groups excluding carboxylic acids is 1. The van der Waals surface area contributed by atoms with Crippen molar-refractivity contribution in [3.05, 3.63) is 59.7 Å². The number of amides is 1. The lowest BCUT2D eigenvalue weighted by Crippen LogP contribution is -2.44. The van der Waals surface area contributed by atoms with E-state index in [1.165, 1.54) is 0 Å². The highest BCUT2D eigenvalue weighted by molar-refractivity contribution is 5.79. The highest BCUT2D eigenvalue weighted by atomic mass is 16.5. The van der Waals surface area contributed by atoms with Crippen molar-refractivity contribution in [2.75, 3.05) is 34.5 Å². The van der Waals surface area contributed by atoms with E-state index < -0.39 is 6.10 Å². The monoisotopic (exact) mass is 457 g/mol. The predicted octanol–water partition coefficient (Wildman–Crippen LogP) is 4.51. The third kappa shape index (κ3) is 7.47. The third-order valence-corrected chi connectivity index (χ3v) is 6.11. The summed E-state index contributed by atoms with van der Waals surface area (Å²) in [4.78, 5) is 15.1. The minimum Gasteiger partial charge on any atom is -0.493 e. The van der Waals surface area contributed by atoms with E-state index in [2.05, 4.69) is 13.8 Å². The molecule has 0 aliphatic heterocycles. The summed E-state index contributed by atoms with van der Waals surface area (Å²) in [5.41, 5.74) is 1.81. The number of rotatable bonds is 13. The molecular weight excluding hydrogens is 418 g/mol. The summed E-state index contributed by atoms with van der Waals surface area (Å²) in [5.74, 6) is 1.26. The Labute approximate surface area is 198 Å². The van der Waals surface area contributed by atoms with Gasteiger partial charge in [0.15, 0.2) is 11.5 Å². The van der Waals surface area contributed by atoms with Gasteiger partial charge in [-0.1, -0.05) is 50.2 Å². The van der Waals surface area contributed by atoms with Crippen LogP contribution in [0.1, 0.15) is 44.4 Å². The van der Waals surface area contributed by atoms with Crippen LogP contribution in [0.5, 0.6) is 11.5 Å². The second-order valence-corrected chi connectivity index (χ2v) is 8.78. The Bertz CT molecular complexity index is 855. The number of hydrogen-bond acceptors (Lipinski definition) is 5. The van der Waals surface area contributed by atoms with Crippen molar-refractivity contribution in [2.45, 2.75) is 45.8 Å². The number of aliphatic hydroxyl groups excluding tert-OH is 1. The molecule has 6 nitrogen and oxygen atoms in total. The van der Waals surface area contributed by atoms with Gasteiger partial charge in [-0.25, -0.2) is 0 Å². The number of likely N-dealkylation sites (N-methyl/N-ethyl adjacent to an activating group) is 1. The molecule has 0 spiro atoms. The molecule has 1 N–H and O–H groups in total. The summed E-state index contributed by atoms with van der Waals surface area (Å²) >= 11 is 0. The van der Waals surface area contributed by atoms with Crippen LogP contribution in [-0.4, -0.2) is 56.4 Å². The van der Waals surface area contributed by atoms with Crippen LogP contribution in [-0.2, 0) is 16.0 Å². The second-order valence-electron chi connectivity index (χ2n) is 8.78. The van der Waals surface area contributed by atoms with Gasteiger partial charge in [0.05, 0.1) is 25.9 Å². The first-order chi connectivity index (χ1) is 15.8. The number of aliphatic hydroxyl groups is 1. The third-order valence-electron chi connectivity index (χ3n) is 6.11. The van der Waals surface area contributed by atoms with Crippen LogP contribution in [0, 0.1) is 11.8 Å². The number of nitrogens with zero attached hydrogens (tertiary/aromatic N) is 1. The predicted molar refractivity (Wildman–Crippen MR) is 131 cm³/mol. The van der Waals surface area contributed by atoms with Crippen LogP contribution < -0.4 is 9.47 Å². The van der Waals surface area contributed by atoms with Gasteiger partial charge < -0.3 is 24.2 Å². The zero-order valence-electron chi connectivity index (χ0n) is 20.8. The van der Waals surface area contributed by atoms with Gasteiger partial charge in [-0.3, -0.25) is 4.79 Å². The Morgan fingerprint density at radius 2 is 1.70 bits per heavy atom. The first-order valence-electron chi connectivity index (χ1n) is 11.6. The Balaban J connectivity index is 2.14. The van der Waals surface area contributed by atoms with E-state index in [0.29, 0.717) is 31.1 Å². The Morgan fingerprint density at radius 3 is 2.30 bits per heavy atom.